The molecular weight excluding hydrogens is 380 g/mol. The Morgan fingerprint density at radius 2 is 1.89 bits per heavy atom. The molecule has 0 bridgehead atoms. The first kappa shape index (κ1) is 20.0. The largest absolute Gasteiger partial charge is 0.433 e. The minimum atomic E-state index is -4.63. The number of aryl methyl sites for hydroxylation is 2. The number of fused-ring (bicyclic) bond motifs is 1. The summed E-state index contributed by atoms with van der Waals surface area (Å²) in [4.78, 5) is 15.9. The van der Waals surface area contributed by atoms with Crippen molar-refractivity contribution in [3.8, 4) is 0 Å². The van der Waals surface area contributed by atoms with Crippen LogP contribution in [-0.2, 0) is 25.4 Å². The van der Waals surface area contributed by atoms with Gasteiger partial charge >= 0.3 is 6.18 Å². The average Bonchev–Trinajstić information content (AvgIpc) is 3.02. The highest BCUT2D eigenvalue weighted by Crippen LogP contribution is 2.38. The van der Waals surface area contributed by atoms with Gasteiger partial charge in [-0.25, -0.2) is 4.39 Å². The third kappa shape index (κ3) is 2.97. The Hall–Kier alpha value is -2.75. The smallest absolute Gasteiger partial charge is 0.379 e. The van der Waals surface area contributed by atoms with E-state index >= 15 is 0 Å². The first-order valence-corrected chi connectivity index (χ1v) is 8.56. The summed E-state index contributed by atoms with van der Waals surface area (Å²) >= 11 is 0. The van der Waals surface area contributed by atoms with E-state index < -0.39 is 28.8 Å². The van der Waals surface area contributed by atoms with Gasteiger partial charge in [0, 0.05) is 31.5 Å². The van der Waals surface area contributed by atoms with E-state index in [9.17, 15) is 27.5 Å². The molecule has 1 N–H and O–H groups in total. The molecule has 1 atom stereocenters. The van der Waals surface area contributed by atoms with Crippen LogP contribution >= 0.6 is 0 Å². The van der Waals surface area contributed by atoms with Crippen molar-refractivity contribution in [2.45, 2.75) is 38.6 Å². The molecule has 3 heterocycles. The van der Waals surface area contributed by atoms with E-state index in [1.807, 2.05) is 0 Å². The van der Waals surface area contributed by atoms with Crippen LogP contribution in [0.25, 0.3) is 10.9 Å². The van der Waals surface area contributed by atoms with Crippen LogP contribution in [0.3, 0.4) is 0 Å². The fraction of sp³-hybridized carbons (Fsp3) is 0.389. The summed E-state index contributed by atoms with van der Waals surface area (Å²) in [6.45, 7) is 3.49. The van der Waals surface area contributed by atoms with Crippen LogP contribution in [0.4, 0.5) is 17.6 Å². The molecule has 3 aromatic rings. The lowest BCUT2D eigenvalue weighted by Crippen LogP contribution is -2.30. The Morgan fingerprint density at radius 3 is 2.39 bits per heavy atom. The summed E-state index contributed by atoms with van der Waals surface area (Å²) < 4.78 is 55.5. The van der Waals surface area contributed by atoms with E-state index in [1.165, 1.54) is 11.7 Å². The van der Waals surface area contributed by atoms with Crippen molar-refractivity contribution in [1.29, 1.82) is 0 Å². The lowest BCUT2D eigenvalue weighted by Gasteiger charge is -2.28. The summed E-state index contributed by atoms with van der Waals surface area (Å²) in [6, 6.07) is 1.83. The SMILES string of the molecule is CCn1cc(F)c2c([C@](O)(CC)c3ccc(C(F)(F)F)nc3)n(C)nc2c1=O. The number of hydrogen-bond donors (Lipinski definition) is 1. The number of nitrogens with zero attached hydrogens (tertiary/aromatic N) is 4. The van der Waals surface area contributed by atoms with Gasteiger partial charge in [-0.2, -0.15) is 18.3 Å². The van der Waals surface area contributed by atoms with Crippen molar-refractivity contribution in [2.75, 3.05) is 0 Å². The summed E-state index contributed by atoms with van der Waals surface area (Å²) in [5, 5.41) is 15.2. The normalized spacial score (nSPS) is 14.4. The fourth-order valence-electron chi connectivity index (χ4n) is 3.32. The van der Waals surface area contributed by atoms with Gasteiger partial charge in [0.15, 0.2) is 11.3 Å². The Kier molecular flexibility index (Phi) is 4.78. The van der Waals surface area contributed by atoms with Crippen molar-refractivity contribution in [3.05, 3.63) is 57.6 Å². The van der Waals surface area contributed by atoms with Gasteiger partial charge in [-0.05, 0) is 19.4 Å². The van der Waals surface area contributed by atoms with Crippen molar-refractivity contribution in [2.24, 2.45) is 7.05 Å². The number of rotatable bonds is 4. The molecule has 0 aliphatic rings. The molecule has 150 valence electrons. The molecule has 0 spiro atoms. The van der Waals surface area contributed by atoms with Gasteiger partial charge in [-0.15, -0.1) is 0 Å². The minimum Gasteiger partial charge on any atom is -0.379 e. The van der Waals surface area contributed by atoms with Gasteiger partial charge in [0.1, 0.15) is 11.3 Å². The van der Waals surface area contributed by atoms with Crippen LogP contribution in [0.2, 0.25) is 0 Å². The molecule has 0 aliphatic carbocycles. The third-order valence-electron chi connectivity index (χ3n) is 4.79. The summed E-state index contributed by atoms with van der Waals surface area (Å²) in [5.41, 5.74) is -3.68. The average molecular weight is 398 g/mol. The van der Waals surface area contributed by atoms with Crippen molar-refractivity contribution >= 4 is 10.9 Å². The zero-order valence-corrected chi connectivity index (χ0v) is 15.4. The molecular formula is C18H18F4N4O2. The molecule has 0 aliphatic heterocycles. The minimum absolute atomic E-state index is 0.00895. The van der Waals surface area contributed by atoms with Gasteiger partial charge in [0.05, 0.1) is 11.1 Å². The number of alkyl halides is 3. The molecule has 0 radical (unpaired) electrons. The highest BCUT2D eigenvalue weighted by Gasteiger charge is 2.38. The predicted octanol–water partition coefficient (Wildman–Crippen LogP) is 2.95. The number of halogens is 4. The number of hydrogen-bond acceptors (Lipinski definition) is 4. The standard InChI is InChI=1S/C18H18F4N4O2/c1-4-17(28,10-6-7-12(23-8-10)18(20,21)22)15-13-11(19)9-26(5-2)16(27)14(13)24-25(15)3/h6-9,28H,4-5H2,1-3H3/t17-/m0/s1. The fourth-order valence-corrected chi connectivity index (χ4v) is 3.32. The van der Waals surface area contributed by atoms with Crippen molar-refractivity contribution in [1.82, 2.24) is 19.3 Å². The van der Waals surface area contributed by atoms with E-state index in [1.54, 1.807) is 13.8 Å². The highest BCUT2D eigenvalue weighted by atomic mass is 19.4. The molecule has 0 amide bonds. The summed E-state index contributed by atoms with van der Waals surface area (Å²) in [6.07, 6.45) is -2.71. The molecule has 0 unspecified atom stereocenters. The summed E-state index contributed by atoms with van der Waals surface area (Å²) in [5.74, 6) is -0.758. The second-order valence-corrected chi connectivity index (χ2v) is 6.41. The lowest BCUT2D eigenvalue weighted by molar-refractivity contribution is -0.141. The number of aliphatic hydroxyl groups is 1. The molecule has 0 fully saturated rings. The Morgan fingerprint density at radius 1 is 1.21 bits per heavy atom. The van der Waals surface area contributed by atoms with Crippen LogP contribution in [0.1, 0.15) is 37.2 Å². The van der Waals surface area contributed by atoms with E-state index in [2.05, 4.69) is 10.1 Å². The summed E-state index contributed by atoms with van der Waals surface area (Å²) in [7, 11) is 1.43. The topological polar surface area (TPSA) is 72.9 Å². The van der Waals surface area contributed by atoms with E-state index in [0.29, 0.717) is 0 Å². The van der Waals surface area contributed by atoms with E-state index in [-0.39, 0.29) is 35.1 Å². The van der Waals surface area contributed by atoms with Crippen LogP contribution in [0.5, 0.6) is 0 Å². The van der Waals surface area contributed by atoms with Crippen molar-refractivity contribution < 1.29 is 22.7 Å². The molecule has 0 aromatic carbocycles. The first-order chi connectivity index (χ1) is 13.0. The van der Waals surface area contributed by atoms with E-state index in [4.69, 9.17) is 0 Å². The van der Waals surface area contributed by atoms with Crippen LogP contribution in [0, 0.1) is 5.82 Å². The Bertz CT molecular complexity index is 1090. The van der Waals surface area contributed by atoms with Gasteiger partial charge in [0.2, 0.25) is 0 Å². The second kappa shape index (κ2) is 6.69. The van der Waals surface area contributed by atoms with Crippen LogP contribution in [-0.4, -0.2) is 24.4 Å². The molecule has 0 saturated carbocycles. The van der Waals surface area contributed by atoms with Gasteiger partial charge in [-0.3, -0.25) is 14.5 Å². The molecule has 28 heavy (non-hydrogen) atoms. The van der Waals surface area contributed by atoms with Gasteiger partial charge < -0.3 is 9.67 Å². The molecule has 6 nitrogen and oxygen atoms in total. The lowest BCUT2D eigenvalue weighted by atomic mass is 9.87. The first-order valence-electron chi connectivity index (χ1n) is 8.56. The molecule has 0 saturated heterocycles. The maximum atomic E-state index is 14.8. The molecule has 3 aromatic heterocycles. The van der Waals surface area contributed by atoms with Crippen LogP contribution < -0.4 is 5.56 Å². The zero-order valence-electron chi connectivity index (χ0n) is 15.4. The third-order valence-corrected chi connectivity index (χ3v) is 4.79. The Labute approximate surface area is 157 Å². The van der Waals surface area contributed by atoms with Gasteiger partial charge in [-0.1, -0.05) is 13.0 Å². The maximum Gasteiger partial charge on any atom is 0.433 e. The van der Waals surface area contributed by atoms with Crippen LogP contribution in [0.15, 0.2) is 29.3 Å². The van der Waals surface area contributed by atoms with E-state index in [0.717, 1.165) is 29.1 Å². The highest BCUT2D eigenvalue weighted by molar-refractivity contribution is 5.82. The van der Waals surface area contributed by atoms with Crippen molar-refractivity contribution in [3.63, 3.8) is 0 Å². The number of pyridine rings is 2. The number of aromatic nitrogens is 4. The monoisotopic (exact) mass is 398 g/mol. The quantitative estimate of drug-likeness (QED) is 0.686. The van der Waals surface area contributed by atoms with Gasteiger partial charge in [0.25, 0.3) is 5.56 Å². The zero-order chi connectivity index (χ0) is 20.9. The second-order valence-electron chi connectivity index (χ2n) is 6.41. The molecule has 3 rings (SSSR count). The predicted molar refractivity (Wildman–Crippen MR) is 93.1 cm³/mol. The Balaban J connectivity index is 2.28. The maximum absolute atomic E-state index is 14.8. The molecule has 10 heteroatoms.